The van der Waals surface area contributed by atoms with E-state index in [0.717, 1.165) is 31.8 Å². The largest absolute Gasteiger partial charge is 0.348 e. The number of nitrogens with zero attached hydrogens (tertiary/aromatic N) is 2. The van der Waals surface area contributed by atoms with Crippen LogP contribution in [0.4, 0.5) is 5.13 Å². The van der Waals surface area contributed by atoms with E-state index in [2.05, 4.69) is 25.7 Å². The zero-order valence-corrected chi connectivity index (χ0v) is 12.6. The Balaban J connectivity index is 2.19. The van der Waals surface area contributed by atoms with Gasteiger partial charge < -0.3 is 10.6 Å². The first-order valence-electron chi connectivity index (χ1n) is 7.12. The second-order valence-corrected chi connectivity index (χ2v) is 6.55. The van der Waals surface area contributed by atoms with Crippen LogP contribution in [0, 0.1) is 5.92 Å². The third-order valence-corrected chi connectivity index (χ3v) is 4.90. The Morgan fingerprint density at radius 2 is 2.33 bits per heavy atom. The summed E-state index contributed by atoms with van der Waals surface area (Å²) in [6.07, 6.45) is 4.83. The van der Waals surface area contributed by atoms with Gasteiger partial charge in [-0.05, 0) is 32.1 Å². The molecule has 2 N–H and O–H groups in total. The lowest BCUT2D eigenvalue weighted by molar-refractivity contribution is 0.446. The summed E-state index contributed by atoms with van der Waals surface area (Å²) in [5, 5.41) is 1.19. The van der Waals surface area contributed by atoms with E-state index < -0.39 is 0 Å². The molecule has 0 aliphatic carbocycles. The van der Waals surface area contributed by atoms with Gasteiger partial charge in [-0.1, -0.05) is 20.3 Å². The van der Waals surface area contributed by atoms with Crippen molar-refractivity contribution in [1.82, 2.24) is 4.98 Å². The van der Waals surface area contributed by atoms with E-state index in [1.807, 2.05) is 0 Å². The molecule has 102 valence electrons. The Bertz CT molecular complexity index is 386. The van der Waals surface area contributed by atoms with Gasteiger partial charge in [-0.3, -0.25) is 0 Å². The van der Waals surface area contributed by atoms with E-state index in [-0.39, 0.29) is 6.04 Å². The molecule has 0 saturated carbocycles. The fraction of sp³-hybridized carbons (Fsp3) is 0.786. The smallest absolute Gasteiger partial charge is 0.185 e. The SMILES string of the molecule is CCCc1nc(N2CCCC(C)C2)sc1C(C)N. The number of nitrogens with two attached hydrogens (primary N) is 1. The van der Waals surface area contributed by atoms with E-state index in [1.54, 1.807) is 11.3 Å². The van der Waals surface area contributed by atoms with Crippen molar-refractivity contribution in [3.63, 3.8) is 0 Å². The molecular formula is C14H25N3S. The van der Waals surface area contributed by atoms with Gasteiger partial charge in [0.05, 0.1) is 5.69 Å². The zero-order valence-electron chi connectivity index (χ0n) is 11.8. The maximum absolute atomic E-state index is 6.07. The number of anilines is 1. The summed E-state index contributed by atoms with van der Waals surface area (Å²) < 4.78 is 0. The second kappa shape index (κ2) is 6.02. The molecule has 0 radical (unpaired) electrons. The molecule has 1 saturated heterocycles. The average molecular weight is 267 g/mol. The number of hydrogen-bond acceptors (Lipinski definition) is 4. The van der Waals surface area contributed by atoms with Gasteiger partial charge in [-0.15, -0.1) is 11.3 Å². The summed E-state index contributed by atoms with van der Waals surface area (Å²) >= 11 is 1.81. The van der Waals surface area contributed by atoms with Crippen LogP contribution in [-0.4, -0.2) is 18.1 Å². The van der Waals surface area contributed by atoms with Crippen LogP contribution >= 0.6 is 11.3 Å². The molecule has 2 heterocycles. The summed E-state index contributed by atoms with van der Waals surface area (Å²) in [6.45, 7) is 8.90. The van der Waals surface area contributed by atoms with Crippen LogP contribution in [0.3, 0.4) is 0 Å². The summed E-state index contributed by atoms with van der Waals surface area (Å²) in [6, 6.07) is 0.111. The van der Waals surface area contributed by atoms with Crippen molar-refractivity contribution in [2.75, 3.05) is 18.0 Å². The Hall–Kier alpha value is -0.610. The van der Waals surface area contributed by atoms with Gasteiger partial charge in [0.2, 0.25) is 0 Å². The Labute approximate surface area is 114 Å². The molecule has 3 nitrogen and oxygen atoms in total. The fourth-order valence-corrected chi connectivity index (χ4v) is 3.72. The Kier molecular flexibility index (Phi) is 4.62. The minimum absolute atomic E-state index is 0.111. The first-order valence-corrected chi connectivity index (χ1v) is 7.93. The van der Waals surface area contributed by atoms with Crippen LogP contribution in [0.1, 0.15) is 56.6 Å². The van der Waals surface area contributed by atoms with E-state index in [9.17, 15) is 0 Å². The molecule has 1 aromatic rings. The molecule has 2 unspecified atom stereocenters. The Morgan fingerprint density at radius 3 is 2.94 bits per heavy atom. The topological polar surface area (TPSA) is 42.2 Å². The van der Waals surface area contributed by atoms with Crippen molar-refractivity contribution >= 4 is 16.5 Å². The lowest BCUT2D eigenvalue weighted by atomic mass is 10.0. The van der Waals surface area contributed by atoms with Crippen LogP contribution in [0.25, 0.3) is 0 Å². The molecular weight excluding hydrogens is 242 g/mol. The van der Waals surface area contributed by atoms with Crippen LogP contribution in [0.5, 0.6) is 0 Å². The van der Waals surface area contributed by atoms with Crippen LogP contribution in [0.2, 0.25) is 0 Å². The molecule has 2 rings (SSSR count). The highest BCUT2D eigenvalue weighted by Gasteiger charge is 2.22. The van der Waals surface area contributed by atoms with Crippen LogP contribution < -0.4 is 10.6 Å². The molecule has 1 aliphatic rings. The van der Waals surface area contributed by atoms with Crippen molar-refractivity contribution in [1.29, 1.82) is 0 Å². The fourth-order valence-electron chi connectivity index (χ4n) is 2.62. The normalized spacial score (nSPS) is 22.2. The van der Waals surface area contributed by atoms with Gasteiger partial charge >= 0.3 is 0 Å². The quantitative estimate of drug-likeness (QED) is 0.909. The monoisotopic (exact) mass is 267 g/mol. The molecule has 0 spiro atoms. The maximum atomic E-state index is 6.07. The first kappa shape index (κ1) is 13.8. The minimum atomic E-state index is 0.111. The van der Waals surface area contributed by atoms with E-state index in [1.165, 1.54) is 28.5 Å². The average Bonchev–Trinajstić information content (AvgIpc) is 2.74. The summed E-state index contributed by atoms with van der Waals surface area (Å²) in [5.74, 6) is 0.788. The number of rotatable bonds is 4. The third kappa shape index (κ3) is 3.04. The molecule has 1 fully saturated rings. The lowest BCUT2D eigenvalue weighted by Crippen LogP contribution is -2.34. The molecule has 1 aliphatic heterocycles. The van der Waals surface area contributed by atoms with E-state index in [4.69, 9.17) is 10.7 Å². The van der Waals surface area contributed by atoms with E-state index in [0.29, 0.717) is 0 Å². The molecule has 18 heavy (non-hydrogen) atoms. The number of thiazole rings is 1. The number of piperidine rings is 1. The highest BCUT2D eigenvalue weighted by molar-refractivity contribution is 7.15. The standard InChI is InChI=1S/C14H25N3S/c1-4-6-12-13(11(3)15)18-14(16-12)17-8-5-7-10(2)9-17/h10-11H,4-9,15H2,1-3H3. The van der Waals surface area contributed by atoms with Gasteiger partial charge in [-0.25, -0.2) is 4.98 Å². The molecule has 1 aromatic heterocycles. The highest BCUT2D eigenvalue weighted by Crippen LogP contribution is 2.33. The molecule has 0 bridgehead atoms. The molecule has 2 atom stereocenters. The van der Waals surface area contributed by atoms with Crippen LogP contribution in [-0.2, 0) is 6.42 Å². The van der Waals surface area contributed by atoms with Crippen molar-refractivity contribution in [2.45, 2.75) is 52.5 Å². The van der Waals surface area contributed by atoms with Crippen LogP contribution in [0.15, 0.2) is 0 Å². The predicted octanol–water partition coefficient (Wildman–Crippen LogP) is 3.35. The molecule has 4 heteroatoms. The van der Waals surface area contributed by atoms with Gasteiger partial charge in [0.1, 0.15) is 0 Å². The van der Waals surface area contributed by atoms with Gasteiger partial charge in [0.15, 0.2) is 5.13 Å². The van der Waals surface area contributed by atoms with Crippen molar-refractivity contribution < 1.29 is 0 Å². The summed E-state index contributed by atoms with van der Waals surface area (Å²) in [4.78, 5) is 8.57. The predicted molar refractivity (Wildman–Crippen MR) is 79.3 cm³/mol. The van der Waals surface area contributed by atoms with Gasteiger partial charge in [-0.2, -0.15) is 0 Å². The third-order valence-electron chi connectivity index (χ3n) is 3.54. The van der Waals surface area contributed by atoms with Crippen molar-refractivity contribution in [3.05, 3.63) is 10.6 Å². The summed E-state index contributed by atoms with van der Waals surface area (Å²) in [5.41, 5.74) is 7.29. The highest BCUT2D eigenvalue weighted by atomic mass is 32.1. The molecule has 0 aromatic carbocycles. The second-order valence-electron chi connectivity index (χ2n) is 5.54. The maximum Gasteiger partial charge on any atom is 0.185 e. The Morgan fingerprint density at radius 1 is 1.56 bits per heavy atom. The van der Waals surface area contributed by atoms with E-state index >= 15 is 0 Å². The first-order chi connectivity index (χ1) is 8.61. The number of aryl methyl sites for hydroxylation is 1. The zero-order chi connectivity index (χ0) is 13.1. The van der Waals surface area contributed by atoms with Gasteiger partial charge in [0, 0.05) is 24.0 Å². The minimum Gasteiger partial charge on any atom is -0.348 e. The summed E-state index contributed by atoms with van der Waals surface area (Å²) in [7, 11) is 0. The number of hydrogen-bond donors (Lipinski definition) is 1. The lowest BCUT2D eigenvalue weighted by Gasteiger charge is -2.30. The van der Waals surface area contributed by atoms with Crippen molar-refractivity contribution in [3.8, 4) is 0 Å². The van der Waals surface area contributed by atoms with Gasteiger partial charge in [0.25, 0.3) is 0 Å². The van der Waals surface area contributed by atoms with Crippen molar-refractivity contribution in [2.24, 2.45) is 11.7 Å². The number of aromatic nitrogens is 1. The molecule has 0 amide bonds.